The molecule has 2 amide bonds. The van der Waals surface area contributed by atoms with E-state index in [4.69, 9.17) is 9.47 Å². The van der Waals surface area contributed by atoms with E-state index < -0.39 is 0 Å². The fourth-order valence-electron chi connectivity index (χ4n) is 2.90. The second-order valence-electron chi connectivity index (χ2n) is 6.39. The molecule has 0 spiro atoms. The number of ether oxygens (including phenoxy) is 2. The molecule has 3 aromatic rings. The summed E-state index contributed by atoms with van der Waals surface area (Å²) in [6.07, 6.45) is 0. The standard InChI is InChI=1S/C23H22N2O4/c1-15-6-4-7-16(14-15)22(26)24-17-10-12-18(13-11-17)25-23(27)21-19(28-2)8-5-9-20(21)29-3/h4-14H,1-3H3,(H,24,26)(H,25,27). The number of rotatable bonds is 6. The number of hydrogen-bond acceptors (Lipinski definition) is 4. The van der Waals surface area contributed by atoms with E-state index in [1.165, 1.54) is 14.2 Å². The van der Waals surface area contributed by atoms with Crippen molar-refractivity contribution in [2.45, 2.75) is 6.92 Å². The van der Waals surface area contributed by atoms with Crippen LogP contribution in [0.2, 0.25) is 0 Å². The van der Waals surface area contributed by atoms with Crippen LogP contribution in [0.3, 0.4) is 0 Å². The molecule has 6 heteroatoms. The van der Waals surface area contributed by atoms with Gasteiger partial charge < -0.3 is 20.1 Å². The summed E-state index contributed by atoms with van der Waals surface area (Å²) in [5, 5.41) is 5.66. The van der Waals surface area contributed by atoms with Crippen molar-refractivity contribution in [1.82, 2.24) is 0 Å². The largest absolute Gasteiger partial charge is 0.496 e. The van der Waals surface area contributed by atoms with Gasteiger partial charge in [0.1, 0.15) is 17.1 Å². The first-order valence-corrected chi connectivity index (χ1v) is 9.02. The number of anilines is 2. The van der Waals surface area contributed by atoms with E-state index in [0.29, 0.717) is 34.0 Å². The fraction of sp³-hybridized carbons (Fsp3) is 0.130. The summed E-state index contributed by atoms with van der Waals surface area (Å²) in [4.78, 5) is 25.1. The first-order chi connectivity index (χ1) is 14.0. The van der Waals surface area contributed by atoms with Gasteiger partial charge in [0, 0.05) is 16.9 Å². The molecule has 0 aliphatic carbocycles. The molecule has 0 aliphatic rings. The highest BCUT2D eigenvalue weighted by Crippen LogP contribution is 2.29. The van der Waals surface area contributed by atoms with Crippen LogP contribution in [0, 0.1) is 6.92 Å². The van der Waals surface area contributed by atoms with E-state index >= 15 is 0 Å². The minimum atomic E-state index is -0.351. The Bertz CT molecular complexity index is 1010. The van der Waals surface area contributed by atoms with Crippen LogP contribution in [0.15, 0.2) is 66.7 Å². The van der Waals surface area contributed by atoms with Crippen LogP contribution in [0.25, 0.3) is 0 Å². The number of carbonyl (C=O) groups is 2. The van der Waals surface area contributed by atoms with Gasteiger partial charge in [-0.1, -0.05) is 23.8 Å². The van der Waals surface area contributed by atoms with Crippen molar-refractivity contribution in [3.05, 3.63) is 83.4 Å². The monoisotopic (exact) mass is 390 g/mol. The quantitative estimate of drug-likeness (QED) is 0.649. The maximum Gasteiger partial charge on any atom is 0.263 e. The van der Waals surface area contributed by atoms with Gasteiger partial charge in [0.2, 0.25) is 0 Å². The lowest BCUT2D eigenvalue weighted by Crippen LogP contribution is -2.15. The highest BCUT2D eigenvalue weighted by Gasteiger charge is 2.18. The zero-order valence-corrected chi connectivity index (χ0v) is 16.5. The molecule has 2 N–H and O–H groups in total. The maximum absolute atomic E-state index is 12.7. The number of methoxy groups -OCH3 is 2. The molecule has 0 aliphatic heterocycles. The highest BCUT2D eigenvalue weighted by molar-refractivity contribution is 6.08. The predicted octanol–water partition coefficient (Wildman–Crippen LogP) is 4.52. The van der Waals surface area contributed by atoms with Gasteiger partial charge in [0.15, 0.2) is 0 Å². The van der Waals surface area contributed by atoms with Gasteiger partial charge >= 0.3 is 0 Å². The van der Waals surface area contributed by atoms with E-state index in [-0.39, 0.29) is 11.8 Å². The number of benzene rings is 3. The Balaban J connectivity index is 1.71. The van der Waals surface area contributed by atoms with E-state index in [1.807, 2.05) is 25.1 Å². The number of amides is 2. The summed E-state index contributed by atoms with van der Waals surface area (Å²) in [5.74, 6) is 0.299. The zero-order chi connectivity index (χ0) is 20.8. The molecule has 0 bridgehead atoms. The van der Waals surface area contributed by atoms with Crippen LogP contribution < -0.4 is 20.1 Å². The normalized spacial score (nSPS) is 10.2. The Hall–Kier alpha value is -3.80. The summed E-state index contributed by atoms with van der Waals surface area (Å²) in [6, 6.07) is 19.4. The van der Waals surface area contributed by atoms with Crippen LogP contribution >= 0.6 is 0 Å². The molecular weight excluding hydrogens is 368 g/mol. The van der Waals surface area contributed by atoms with Crippen LogP contribution in [-0.4, -0.2) is 26.0 Å². The van der Waals surface area contributed by atoms with E-state index in [1.54, 1.807) is 48.5 Å². The predicted molar refractivity (Wildman–Crippen MR) is 113 cm³/mol. The smallest absolute Gasteiger partial charge is 0.263 e. The molecule has 0 atom stereocenters. The molecule has 0 saturated carbocycles. The van der Waals surface area contributed by atoms with Crippen LogP contribution in [0.5, 0.6) is 11.5 Å². The molecule has 0 radical (unpaired) electrons. The summed E-state index contributed by atoms with van der Waals surface area (Å²) in [5.41, 5.74) is 3.13. The first-order valence-electron chi connectivity index (χ1n) is 9.02. The van der Waals surface area contributed by atoms with Gasteiger partial charge in [-0.05, 0) is 55.5 Å². The summed E-state index contributed by atoms with van der Waals surface area (Å²) in [6.45, 7) is 1.94. The zero-order valence-electron chi connectivity index (χ0n) is 16.5. The highest BCUT2D eigenvalue weighted by atomic mass is 16.5. The number of nitrogens with one attached hydrogen (secondary N) is 2. The molecule has 148 valence electrons. The van der Waals surface area contributed by atoms with Crippen LogP contribution in [0.4, 0.5) is 11.4 Å². The number of hydrogen-bond donors (Lipinski definition) is 2. The molecule has 3 aromatic carbocycles. The Labute approximate surface area is 169 Å². The summed E-state index contributed by atoms with van der Waals surface area (Å²) >= 11 is 0. The van der Waals surface area contributed by atoms with Crippen molar-refractivity contribution in [3.63, 3.8) is 0 Å². The van der Waals surface area contributed by atoms with Crippen molar-refractivity contribution < 1.29 is 19.1 Å². The third kappa shape index (κ3) is 4.73. The second-order valence-corrected chi connectivity index (χ2v) is 6.39. The van der Waals surface area contributed by atoms with E-state index in [2.05, 4.69) is 10.6 Å². The van der Waals surface area contributed by atoms with Crippen molar-refractivity contribution in [3.8, 4) is 11.5 Å². The van der Waals surface area contributed by atoms with Crippen molar-refractivity contribution in [2.24, 2.45) is 0 Å². The first kappa shape index (κ1) is 19.9. The summed E-state index contributed by atoms with van der Waals surface area (Å²) < 4.78 is 10.5. The molecule has 3 rings (SSSR count). The van der Waals surface area contributed by atoms with Crippen molar-refractivity contribution >= 4 is 23.2 Å². The molecule has 0 fully saturated rings. The van der Waals surface area contributed by atoms with Gasteiger partial charge in [-0.15, -0.1) is 0 Å². The van der Waals surface area contributed by atoms with Gasteiger partial charge in [-0.25, -0.2) is 0 Å². The van der Waals surface area contributed by atoms with Crippen LogP contribution in [0.1, 0.15) is 26.3 Å². The Kier molecular flexibility index (Phi) is 6.14. The lowest BCUT2D eigenvalue weighted by Gasteiger charge is -2.13. The van der Waals surface area contributed by atoms with Crippen LogP contribution in [-0.2, 0) is 0 Å². The Morgan fingerprint density at radius 1 is 0.724 bits per heavy atom. The lowest BCUT2D eigenvalue weighted by atomic mass is 10.1. The molecule has 0 aromatic heterocycles. The topological polar surface area (TPSA) is 76.7 Å². The minimum absolute atomic E-state index is 0.191. The molecule has 0 heterocycles. The Morgan fingerprint density at radius 2 is 1.24 bits per heavy atom. The van der Waals surface area contributed by atoms with Crippen molar-refractivity contribution in [2.75, 3.05) is 24.9 Å². The molecule has 0 unspecified atom stereocenters. The van der Waals surface area contributed by atoms with Crippen molar-refractivity contribution in [1.29, 1.82) is 0 Å². The third-order valence-electron chi connectivity index (χ3n) is 4.34. The minimum Gasteiger partial charge on any atom is -0.496 e. The molecule has 6 nitrogen and oxygen atoms in total. The van der Waals surface area contributed by atoms with Gasteiger partial charge in [-0.3, -0.25) is 9.59 Å². The molecule has 29 heavy (non-hydrogen) atoms. The van der Waals surface area contributed by atoms with Gasteiger partial charge in [-0.2, -0.15) is 0 Å². The average molecular weight is 390 g/mol. The average Bonchev–Trinajstić information content (AvgIpc) is 2.74. The SMILES string of the molecule is COc1cccc(OC)c1C(=O)Nc1ccc(NC(=O)c2cccc(C)c2)cc1. The molecular formula is C23H22N2O4. The Morgan fingerprint density at radius 3 is 1.76 bits per heavy atom. The van der Waals surface area contributed by atoms with Gasteiger partial charge in [0.25, 0.3) is 11.8 Å². The van der Waals surface area contributed by atoms with E-state index in [0.717, 1.165) is 5.56 Å². The fourth-order valence-corrected chi connectivity index (χ4v) is 2.90. The van der Waals surface area contributed by atoms with Gasteiger partial charge in [0.05, 0.1) is 14.2 Å². The number of aryl methyl sites for hydroxylation is 1. The molecule has 0 saturated heterocycles. The second kappa shape index (κ2) is 8.93. The summed E-state index contributed by atoms with van der Waals surface area (Å²) in [7, 11) is 2.99. The van der Waals surface area contributed by atoms with E-state index in [9.17, 15) is 9.59 Å². The lowest BCUT2D eigenvalue weighted by molar-refractivity contribution is 0.101. The number of carbonyl (C=O) groups excluding carboxylic acids is 2. The third-order valence-corrected chi connectivity index (χ3v) is 4.34. The maximum atomic E-state index is 12.7.